The zero-order valence-corrected chi connectivity index (χ0v) is 14.3. The summed E-state index contributed by atoms with van der Waals surface area (Å²) in [6.45, 7) is 1.91. The Kier molecular flexibility index (Phi) is 6.04. The van der Waals surface area contributed by atoms with Crippen LogP contribution in [0.3, 0.4) is 0 Å². The summed E-state index contributed by atoms with van der Waals surface area (Å²) in [6.07, 6.45) is 2.67. The maximum absolute atomic E-state index is 13.7. The molecule has 26 heavy (non-hydrogen) atoms. The molecule has 138 valence electrons. The van der Waals surface area contributed by atoms with E-state index in [4.69, 9.17) is 4.74 Å². The molecule has 0 aliphatic rings. The summed E-state index contributed by atoms with van der Waals surface area (Å²) in [4.78, 5) is 10.2. The summed E-state index contributed by atoms with van der Waals surface area (Å²) >= 11 is 0. The van der Waals surface area contributed by atoms with Crippen LogP contribution in [0.1, 0.15) is 12.5 Å². The number of rotatable bonds is 6. The molecular weight excluding hydrogens is 371 g/mol. The van der Waals surface area contributed by atoms with Crippen molar-refractivity contribution in [2.45, 2.75) is 11.8 Å². The molecule has 9 heteroatoms. The topological polar surface area (TPSA) is 72.5 Å². The first kappa shape index (κ1) is 19.5. The van der Waals surface area contributed by atoms with Gasteiger partial charge < -0.3 is 4.74 Å². The number of sulfonamides is 1. The first-order valence-electron chi connectivity index (χ1n) is 7.36. The number of ether oxygens (including phenoxy) is 1. The highest BCUT2D eigenvalue weighted by Crippen LogP contribution is 2.22. The van der Waals surface area contributed by atoms with Crippen molar-refractivity contribution in [3.63, 3.8) is 0 Å². The third-order valence-corrected chi connectivity index (χ3v) is 4.55. The van der Waals surface area contributed by atoms with Crippen LogP contribution in [0.5, 0.6) is 0 Å². The van der Waals surface area contributed by atoms with Gasteiger partial charge in [0, 0.05) is 11.8 Å². The van der Waals surface area contributed by atoms with Gasteiger partial charge in [-0.05, 0) is 42.8 Å². The summed E-state index contributed by atoms with van der Waals surface area (Å²) in [5.41, 5.74) is 0.655. The Labute approximate surface area is 148 Å². The second-order valence-electron chi connectivity index (χ2n) is 4.99. The van der Waals surface area contributed by atoms with Crippen LogP contribution < -0.4 is 4.72 Å². The van der Waals surface area contributed by atoms with Crippen molar-refractivity contribution in [3.8, 4) is 0 Å². The van der Waals surface area contributed by atoms with Gasteiger partial charge in [0.1, 0.15) is 4.90 Å². The highest BCUT2D eigenvalue weighted by Gasteiger charge is 2.24. The standard InChI is InChI=1S/C17H14F3NO4S/c1-2-25-15(22)10-5-11-3-6-12(7-4-11)21-26(23,24)14-9-8-13(18)16(19)17(14)20/h3-10,21H,2H2,1H3/b10-5+. The van der Waals surface area contributed by atoms with Gasteiger partial charge in [-0.15, -0.1) is 0 Å². The van der Waals surface area contributed by atoms with E-state index in [0.29, 0.717) is 17.7 Å². The third-order valence-electron chi connectivity index (χ3n) is 3.15. The molecule has 0 aromatic heterocycles. The molecule has 2 aromatic rings. The predicted octanol–water partition coefficient (Wildman–Crippen LogP) is 3.48. The summed E-state index contributed by atoms with van der Waals surface area (Å²) in [7, 11) is -4.45. The molecule has 0 fully saturated rings. The van der Waals surface area contributed by atoms with E-state index < -0.39 is 38.3 Å². The minimum Gasteiger partial charge on any atom is -0.463 e. The van der Waals surface area contributed by atoms with Crippen molar-refractivity contribution < 1.29 is 31.1 Å². The second-order valence-corrected chi connectivity index (χ2v) is 6.64. The van der Waals surface area contributed by atoms with Crippen molar-refractivity contribution in [2.75, 3.05) is 11.3 Å². The Bertz CT molecular complexity index is 941. The lowest BCUT2D eigenvalue weighted by Crippen LogP contribution is -2.15. The van der Waals surface area contributed by atoms with Crippen LogP contribution in [0, 0.1) is 17.5 Å². The van der Waals surface area contributed by atoms with Gasteiger partial charge in [0.25, 0.3) is 10.0 Å². The van der Waals surface area contributed by atoms with Crippen molar-refractivity contribution >= 4 is 27.8 Å². The molecule has 0 aliphatic carbocycles. The molecular formula is C17H14F3NO4S. The van der Waals surface area contributed by atoms with Crippen molar-refractivity contribution in [1.82, 2.24) is 0 Å². The number of halogens is 3. The van der Waals surface area contributed by atoms with Gasteiger partial charge >= 0.3 is 5.97 Å². The molecule has 0 spiro atoms. The fraction of sp³-hybridized carbons (Fsp3) is 0.118. The van der Waals surface area contributed by atoms with E-state index >= 15 is 0 Å². The highest BCUT2D eigenvalue weighted by atomic mass is 32.2. The molecule has 0 amide bonds. The third kappa shape index (κ3) is 4.63. The maximum Gasteiger partial charge on any atom is 0.330 e. The lowest BCUT2D eigenvalue weighted by atomic mass is 10.2. The first-order valence-corrected chi connectivity index (χ1v) is 8.84. The van der Waals surface area contributed by atoms with Crippen LogP contribution in [0.15, 0.2) is 47.4 Å². The average Bonchev–Trinajstić information content (AvgIpc) is 2.59. The van der Waals surface area contributed by atoms with Gasteiger partial charge in [-0.1, -0.05) is 12.1 Å². The van der Waals surface area contributed by atoms with Crippen LogP contribution in [0.2, 0.25) is 0 Å². The van der Waals surface area contributed by atoms with E-state index in [1.54, 1.807) is 6.92 Å². The van der Waals surface area contributed by atoms with Crippen LogP contribution in [-0.4, -0.2) is 21.0 Å². The van der Waals surface area contributed by atoms with Gasteiger partial charge in [-0.25, -0.2) is 26.4 Å². The van der Waals surface area contributed by atoms with E-state index in [1.807, 2.05) is 0 Å². The molecule has 0 heterocycles. The molecule has 0 atom stereocenters. The Morgan fingerprint density at radius 3 is 2.35 bits per heavy atom. The van der Waals surface area contributed by atoms with Gasteiger partial charge in [-0.3, -0.25) is 4.72 Å². The van der Waals surface area contributed by atoms with Gasteiger partial charge in [0.05, 0.1) is 6.61 Å². The molecule has 0 saturated carbocycles. The average molecular weight is 385 g/mol. The number of esters is 1. The Balaban J connectivity index is 2.18. The minimum absolute atomic E-state index is 0.0717. The predicted molar refractivity (Wildman–Crippen MR) is 89.2 cm³/mol. The van der Waals surface area contributed by atoms with Crippen molar-refractivity contribution in [2.24, 2.45) is 0 Å². The molecule has 5 nitrogen and oxygen atoms in total. The number of benzene rings is 2. The van der Waals surface area contributed by atoms with E-state index in [0.717, 1.165) is 0 Å². The van der Waals surface area contributed by atoms with Gasteiger partial charge in [-0.2, -0.15) is 0 Å². The normalized spacial score (nSPS) is 11.5. The molecule has 0 radical (unpaired) electrons. The van der Waals surface area contributed by atoms with E-state index in [-0.39, 0.29) is 12.3 Å². The Hall–Kier alpha value is -2.81. The van der Waals surface area contributed by atoms with Crippen LogP contribution in [0.4, 0.5) is 18.9 Å². The van der Waals surface area contributed by atoms with Crippen molar-refractivity contribution in [1.29, 1.82) is 0 Å². The fourth-order valence-corrected chi connectivity index (χ4v) is 3.07. The molecule has 0 unspecified atom stereocenters. The van der Waals surface area contributed by atoms with E-state index in [1.165, 1.54) is 36.4 Å². The van der Waals surface area contributed by atoms with Crippen LogP contribution in [0.25, 0.3) is 6.08 Å². The largest absolute Gasteiger partial charge is 0.463 e. The van der Waals surface area contributed by atoms with Gasteiger partial charge in [0.2, 0.25) is 0 Å². The number of hydrogen-bond acceptors (Lipinski definition) is 4. The zero-order chi connectivity index (χ0) is 19.3. The zero-order valence-electron chi connectivity index (χ0n) is 13.5. The molecule has 0 saturated heterocycles. The Morgan fingerprint density at radius 1 is 1.08 bits per heavy atom. The number of hydrogen-bond donors (Lipinski definition) is 1. The number of anilines is 1. The number of nitrogens with one attached hydrogen (secondary N) is 1. The molecule has 0 bridgehead atoms. The smallest absolute Gasteiger partial charge is 0.330 e. The number of carbonyl (C=O) groups excluding carboxylic acids is 1. The van der Waals surface area contributed by atoms with E-state index in [9.17, 15) is 26.4 Å². The first-order chi connectivity index (χ1) is 12.2. The Morgan fingerprint density at radius 2 is 1.73 bits per heavy atom. The number of carbonyl (C=O) groups is 1. The maximum atomic E-state index is 13.7. The lowest BCUT2D eigenvalue weighted by molar-refractivity contribution is -0.137. The van der Waals surface area contributed by atoms with Crippen LogP contribution >= 0.6 is 0 Å². The summed E-state index contributed by atoms with van der Waals surface area (Å²) in [5.74, 6) is -5.68. The quantitative estimate of drug-likeness (QED) is 0.469. The molecule has 1 N–H and O–H groups in total. The van der Waals surface area contributed by atoms with E-state index in [2.05, 4.69) is 4.72 Å². The minimum atomic E-state index is -4.45. The SMILES string of the molecule is CCOC(=O)/C=C/c1ccc(NS(=O)(=O)c2ccc(F)c(F)c2F)cc1. The van der Waals surface area contributed by atoms with Gasteiger partial charge in [0.15, 0.2) is 17.5 Å². The molecule has 0 aliphatic heterocycles. The van der Waals surface area contributed by atoms with Crippen molar-refractivity contribution in [3.05, 3.63) is 65.5 Å². The summed E-state index contributed by atoms with van der Waals surface area (Å²) in [5, 5.41) is 0. The summed E-state index contributed by atoms with van der Waals surface area (Å²) in [6, 6.07) is 6.87. The fourth-order valence-electron chi connectivity index (χ4n) is 1.94. The second kappa shape index (κ2) is 8.05. The molecule has 2 aromatic carbocycles. The summed E-state index contributed by atoms with van der Waals surface area (Å²) < 4.78 is 70.9. The highest BCUT2D eigenvalue weighted by molar-refractivity contribution is 7.92. The van der Waals surface area contributed by atoms with Crippen LogP contribution in [-0.2, 0) is 19.6 Å². The molecule has 2 rings (SSSR count). The lowest BCUT2D eigenvalue weighted by Gasteiger charge is -2.09. The monoisotopic (exact) mass is 385 g/mol.